The molecule has 0 aromatic heterocycles. The molecular weight excluding hydrogens is 230 g/mol. The van der Waals surface area contributed by atoms with E-state index in [0.29, 0.717) is 0 Å². The summed E-state index contributed by atoms with van der Waals surface area (Å²) in [7, 11) is 1.38. The molecule has 0 aliphatic rings. The van der Waals surface area contributed by atoms with Crippen LogP contribution < -0.4 is 9.47 Å². The predicted molar refractivity (Wildman–Crippen MR) is 60.4 cm³/mol. The maximum absolute atomic E-state index is 12.1. The highest BCUT2D eigenvalue weighted by Crippen LogP contribution is 2.30. The Bertz CT molecular complexity index is 403. The van der Waals surface area contributed by atoms with E-state index in [-0.39, 0.29) is 18.1 Å². The first-order valence-electron chi connectivity index (χ1n) is 4.97. The monoisotopic (exact) mass is 244 g/mol. The van der Waals surface area contributed by atoms with Crippen LogP contribution >= 0.6 is 0 Å². The lowest BCUT2D eigenvalue weighted by molar-refractivity contribution is -0.0512. The van der Waals surface area contributed by atoms with Crippen molar-refractivity contribution < 1.29 is 23.4 Å². The zero-order valence-corrected chi connectivity index (χ0v) is 9.61. The number of benzene rings is 1. The average molecular weight is 244 g/mol. The van der Waals surface area contributed by atoms with Gasteiger partial charge in [-0.25, -0.2) is 0 Å². The van der Waals surface area contributed by atoms with Gasteiger partial charge in [0.05, 0.1) is 13.7 Å². The molecule has 1 N–H and O–H groups in total. The molecule has 0 aliphatic carbocycles. The zero-order valence-electron chi connectivity index (χ0n) is 9.61. The highest BCUT2D eigenvalue weighted by molar-refractivity contribution is 5.57. The zero-order chi connectivity index (χ0) is 12.8. The van der Waals surface area contributed by atoms with Crippen molar-refractivity contribution in [2.24, 2.45) is 0 Å². The summed E-state index contributed by atoms with van der Waals surface area (Å²) in [5, 5.41) is 8.87. The maximum Gasteiger partial charge on any atom is 0.387 e. The van der Waals surface area contributed by atoms with Crippen molar-refractivity contribution in [3.05, 3.63) is 29.3 Å². The second-order valence-electron chi connectivity index (χ2n) is 3.44. The van der Waals surface area contributed by atoms with Crippen molar-refractivity contribution in [3.63, 3.8) is 0 Å². The fourth-order valence-electron chi connectivity index (χ4n) is 1.30. The number of methoxy groups -OCH3 is 1. The van der Waals surface area contributed by atoms with E-state index in [0.717, 1.165) is 11.1 Å². The number of rotatable bonds is 5. The van der Waals surface area contributed by atoms with Gasteiger partial charge in [-0.2, -0.15) is 8.78 Å². The SMILES string of the molecule is COc1cc(C=C(C)CO)ccc1OC(F)F. The third-order valence-corrected chi connectivity index (χ3v) is 2.07. The first kappa shape index (κ1) is 13.4. The number of aliphatic hydroxyl groups excluding tert-OH is 1. The minimum absolute atomic E-state index is 0.0127. The first-order valence-corrected chi connectivity index (χ1v) is 4.97. The van der Waals surface area contributed by atoms with Crippen LogP contribution in [-0.2, 0) is 0 Å². The Kier molecular flexibility index (Phi) is 4.90. The number of alkyl halides is 2. The molecule has 3 nitrogen and oxygen atoms in total. The maximum atomic E-state index is 12.1. The third-order valence-electron chi connectivity index (χ3n) is 2.07. The van der Waals surface area contributed by atoms with Crippen LogP contribution in [0.25, 0.3) is 6.08 Å². The van der Waals surface area contributed by atoms with E-state index in [4.69, 9.17) is 9.84 Å². The lowest BCUT2D eigenvalue weighted by Gasteiger charge is -2.10. The standard InChI is InChI=1S/C12H14F2O3/c1-8(7-15)5-9-3-4-10(17-12(13)14)11(6-9)16-2/h3-6,12,15H,7H2,1-2H3. The first-order chi connectivity index (χ1) is 8.06. The Morgan fingerprint density at radius 1 is 1.41 bits per heavy atom. The van der Waals surface area contributed by atoms with Crippen molar-refractivity contribution in [2.45, 2.75) is 13.5 Å². The van der Waals surface area contributed by atoms with Gasteiger partial charge in [-0.1, -0.05) is 12.1 Å². The number of ether oxygens (including phenoxy) is 2. The summed E-state index contributed by atoms with van der Waals surface area (Å²) in [5.74, 6) is 0.214. The molecule has 94 valence electrons. The second kappa shape index (κ2) is 6.20. The smallest absolute Gasteiger partial charge is 0.387 e. The molecule has 0 fully saturated rings. The van der Waals surface area contributed by atoms with E-state index in [1.807, 2.05) is 0 Å². The van der Waals surface area contributed by atoms with Gasteiger partial charge in [0, 0.05) is 0 Å². The quantitative estimate of drug-likeness (QED) is 0.865. The van der Waals surface area contributed by atoms with Gasteiger partial charge in [0.2, 0.25) is 0 Å². The van der Waals surface area contributed by atoms with Gasteiger partial charge in [-0.05, 0) is 30.2 Å². The molecule has 5 heteroatoms. The predicted octanol–water partition coefficient (Wildman–Crippen LogP) is 2.69. The molecule has 0 atom stereocenters. The minimum Gasteiger partial charge on any atom is -0.493 e. The van der Waals surface area contributed by atoms with Crippen LogP contribution in [0.5, 0.6) is 11.5 Å². The number of hydrogen-bond donors (Lipinski definition) is 1. The minimum atomic E-state index is -2.88. The molecule has 1 aromatic rings. The Morgan fingerprint density at radius 2 is 2.12 bits per heavy atom. The number of halogens is 2. The molecule has 17 heavy (non-hydrogen) atoms. The van der Waals surface area contributed by atoms with Crippen molar-refractivity contribution in [1.82, 2.24) is 0 Å². The Labute approximate surface area is 98.3 Å². The van der Waals surface area contributed by atoms with Crippen LogP contribution in [0.4, 0.5) is 8.78 Å². The molecule has 0 bridgehead atoms. The van der Waals surface area contributed by atoms with E-state index in [2.05, 4.69) is 4.74 Å². The second-order valence-corrected chi connectivity index (χ2v) is 3.44. The molecule has 0 saturated carbocycles. The largest absolute Gasteiger partial charge is 0.493 e. The van der Waals surface area contributed by atoms with Gasteiger partial charge in [-0.3, -0.25) is 0 Å². The van der Waals surface area contributed by atoms with Crippen molar-refractivity contribution in [2.75, 3.05) is 13.7 Å². The molecule has 0 unspecified atom stereocenters. The average Bonchev–Trinajstić information content (AvgIpc) is 2.30. The fourth-order valence-corrected chi connectivity index (χ4v) is 1.30. The topological polar surface area (TPSA) is 38.7 Å². The van der Waals surface area contributed by atoms with E-state index < -0.39 is 6.61 Å². The van der Waals surface area contributed by atoms with Crippen LogP contribution in [0, 0.1) is 0 Å². The molecule has 0 radical (unpaired) electrons. The van der Waals surface area contributed by atoms with Crippen LogP contribution in [0.15, 0.2) is 23.8 Å². The van der Waals surface area contributed by atoms with Crippen LogP contribution in [-0.4, -0.2) is 25.4 Å². The Morgan fingerprint density at radius 3 is 2.65 bits per heavy atom. The molecule has 0 saturated heterocycles. The number of hydrogen-bond acceptors (Lipinski definition) is 3. The van der Waals surface area contributed by atoms with E-state index in [1.54, 1.807) is 25.1 Å². The summed E-state index contributed by atoms with van der Waals surface area (Å²) in [6.07, 6.45) is 1.73. The van der Waals surface area contributed by atoms with Crippen molar-refractivity contribution >= 4 is 6.08 Å². The summed E-state index contributed by atoms with van der Waals surface area (Å²) in [6.45, 7) is -1.18. The van der Waals surface area contributed by atoms with Gasteiger partial charge in [0.1, 0.15) is 0 Å². The van der Waals surface area contributed by atoms with E-state index >= 15 is 0 Å². The van der Waals surface area contributed by atoms with Gasteiger partial charge < -0.3 is 14.6 Å². The van der Waals surface area contributed by atoms with E-state index in [1.165, 1.54) is 13.2 Å². The summed E-state index contributed by atoms with van der Waals surface area (Å²) >= 11 is 0. The third kappa shape index (κ3) is 4.03. The van der Waals surface area contributed by atoms with Crippen LogP contribution in [0.3, 0.4) is 0 Å². The van der Waals surface area contributed by atoms with Crippen molar-refractivity contribution in [1.29, 1.82) is 0 Å². The van der Waals surface area contributed by atoms with Gasteiger partial charge in [-0.15, -0.1) is 0 Å². The molecule has 0 spiro atoms. The van der Waals surface area contributed by atoms with Gasteiger partial charge >= 0.3 is 6.61 Å². The molecule has 0 aliphatic heterocycles. The summed E-state index contributed by atoms with van der Waals surface area (Å²) < 4.78 is 33.4. The van der Waals surface area contributed by atoms with Gasteiger partial charge in [0.15, 0.2) is 11.5 Å². The molecule has 0 amide bonds. The van der Waals surface area contributed by atoms with E-state index in [9.17, 15) is 8.78 Å². The normalized spacial score (nSPS) is 11.8. The highest BCUT2D eigenvalue weighted by atomic mass is 19.3. The molecule has 0 heterocycles. The summed E-state index contributed by atoms with van der Waals surface area (Å²) in [6, 6.07) is 4.58. The van der Waals surface area contributed by atoms with Crippen LogP contribution in [0.2, 0.25) is 0 Å². The number of aliphatic hydroxyl groups is 1. The van der Waals surface area contributed by atoms with Gasteiger partial charge in [0.25, 0.3) is 0 Å². The summed E-state index contributed by atoms with van der Waals surface area (Å²) in [4.78, 5) is 0. The lowest BCUT2D eigenvalue weighted by atomic mass is 10.1. The van der Waals surface area contributed by atoms with Crippen molar-refractivity contribution in [3.8, 4) is 11.5 Å². The lowest BCUT2D eigenvalue weighted by Crippen LogP contribution is -2.03. The highest BCUT2D eigenvalue weighted by Gasteiger charge is 2.10. The molecule has 1 rings (SSSR count). The Hall–Kier alpha value is -1.62. The Balaban J connectivity index is 3.00. The van der Waals surface area contributed by atoms with Crippen LogP contribution in [0.1, 0.15) is 12.5 Å². The summed E-state index contributed by atoms with van der Waals surface area (Å²) in [5.41, 5.74) is 1.50. The molecule has 1 aromatic carbocycles. The molecular formula is C12H14F2O3. The fraction of sp³-hybridized carbons (Fsp3) is 0.333.